The van der Waals surface area contributed by atoms with Crippen LogP contribution < -0.4 is 4.74 Å². The van der Waals surface area contributed by atoms with Gasteiger partial charge in [-0.3, -0.25) is 0 Å². The van der Waals surface area contributed by atoms with Crippen molar-refractivity contribution in [3.63, 3.8) is 0 Å². The maximum atomic E-state index is 14.8. The molecule has 4 rings (SSSR count). The first-order chi connectivity index (χ1) is 15.6. The summed E-state index contributed by atoms with van der Waals surface area (Å²) in [5.74, 6) is -4.17. The fourth-order valence-electron chi connectivity index (χ4n) is 4.40. The molecule has 174 valence electrons. The third-order valence-corrected chi connectivity index (χ3v) is 6.23. The summed E-state index contributed by atoms with van der Waals surface area (Å²) < 4.78 is 83.2. The Hall–Kier alpha value is -2.96. The van der Waals surface area contributed by atoms with Crippen molar-refractivity contribution in [3.8, 4) is 28.0 Å². The summed E-state index contributed by atoms with van der Waals surface area (Å²) in [5, 5.41) is 0. The summed E-state index contributed by atoms with van der Waals surface area (Å²) in [7, 11) is 0. The summed E-state index contributed by atoms with van der Waals surface area (Å²) in [5.41, 5.74) is 2.26. The Morgan fingerprint density at radius 1 is 0.697 bits per heavy atom. The van der Waals surface area contributed by atoms with Crippen molar-refractivity contribution in [3.05, 3.63) is 77.6 Å². The topological polar surface area (TPSA) is 9.23 Å². The van der Waals surface area contributed by atoms with E-state index < -0.39 is 29.6 Å². The minimum Gasteiger partial charge on any atom is -0.399 e. The standard InChI is InChI=1S/C26H22F6O/c1-15-2-4-16(5-3-15)17-6-8-18(9-7-17)19-10-11-21(22(27)12-19)20-13-23(28)25(24(29)14-20)33-26(30,31)32/h6-16H,2-5H2,1H3. The summed E-state index contributed by atoms with van der Waals surface area (Å²) >= 11 is 0. The van der Waals surface area contributed by atoms with Crippen LogP contribution in [0.15, 0.2) is 54.6 Å². The monoisotopic (exact) mass is 464 g/mol. The van der Waals surface area contributed by atoms with Crippen LogP contribution in [0.4, 0.5) is 26.3 Å². The van der Waals surface area contributed by atoms with Crippen LogP contribution in [0.2, 0.25) is 0 Å². The number of ether oxygens (including phenoxy) is 1. The molecule has 0 heterocycles. The Morgan fingerprint density at radius 2 is 1.24 bits per heavy atom. The average Bonchev–Trinajstić information content (AvgIpc) is 2.76. The molecule has 0 radical (unpaired) electrons. The molecule has 1 saturated carbocycles. The van der Waals surface area contributed by atoms with E-state index in [4.69, 9.17) is 0 Å². The molecule has 0 amide bonds. The van der Waals surface area contributed by atoms with Gasteiger partial charge >= 0.3 is 6.36 Å². The van der Waals surface area contributed by atoms with E-state index in [2.05, 4.69) is 11.7 Å². The van der Waals surface area contributed by atoms with E-state index >= 15 is 0 Å². The SMILES string of the molecule is CC1CCC(c2ccc(-c3ccc(-c4cc(F)c(OC(F)(F)F)c(F)c4)c(F)c3)cc2)CC1. The van der Waals surface area contributed by atoms with Gasteiger partial charge in [-0.25, -0.2) is 13.2 Å². The largest absolute Gasteiger partial charge is 0.573 e. The summed E-state index contributed by atoms with van der Waals surface area (Å²) in [6.07, 6.45) is -0.512. The predicted octanol–water partition coefficient (Wildman–Crippen LogP) is 8.63. The van der Waals surface area contributed by atoms with E-state index in [-0.39, 0.29) is 11.1 Å². The number of hydrogen-bond acceptors (Lipinski definition) is 1. The Kier molecular flexibility index (Phi) is 6.41. The number of hydrogen-bond donors (Lipinski definition) is 0. The van der Waals surface area contributed by atoms with Gasteiger partial charge in [-0.2, -0.15) is 0 Å². The average molecular weight is 464 g/mol. The van der Waals surface area contributed by atoms with Crippen molar-refractivity contribution in [2.45, 2.75) is 44.9 Å². The highest BCUT2D eigenvalue weighted by Gasteiger charge is 2.34. The molecule has 1 nitrogen and oxygen atoms in total. The lowest BCUT2D eigenvalue weighted by molar-refractivity contribution is -0.276. The minimum absolute atomic E-state index is 0.136. The van der Waals surface area contributed by atoms with Gasteiger partial charge in [0.25, 0.3) is 0 Å². The van der Waals surface area contributed by atoms with Crippen molar-refractivity contribution in [2.24, 2.45) is 5.92 Å². The number of benzene rings is 3. The second-order valence-electron chi connectivity index (χ2n) is 8.59. The van der Waals surface area contributed by atoms with E-state index in [1.165, 1.54) is 30.5 Å². The first kappa shape index (κ1) is 23.2. The zero-order valence-electron chi connectivity index (χ0n) is 17.9. The maximum Gasteiger partial charge on any atom is 0.573 e. The van der Waals surface area contributed by atoms with Crippen molar-refractivity contribution in [2.75, 3.05) is 0 Å². The first-order valence-corrected chi connectivity index (χ1v) is 10.8. The molecule has 1 aliphatic rings. The van der Waals surface area contributed by atoms with Gasteiger partial charge in [0.2, 0.25) is 5.75 Å². The molecule has 0 bridgehead atoms. The van der Waals surface area contributed by atoms with Gasteiger partial charge in [0, 0.05) is 5.56 Å². The molecule has 0 atom stereocenters. The Labute approximate surface area is 188 Å². The molecular weight excluding hydrogens is 442 g/mol. The Bertz CT molecular complexity index is 1110. The molecule has 0 aliphatic heterocycles. The number of halogens is 6. The van der Waals surface area contributed by atoms with Crippen LogP contribution in [0.3, 0.4) is 0 Å². The van der Waals surface area contributed by atoms with Gasteiger partial charge in [0.05, 0.1) is 0 Å². The highest BCUT2D eigenvalue weighted by atomic mass is 19.4. The van der Waals surface area contributed by atoms with E-state index in [0.29, 0.717) is 23.6 Å². The van der Waals surface area contributed by atoms with Crippen LogP contribution in [0.1, 0.15) is 44.1 Å². The van der Waals surface area contributed by atoms with Crippen molar-refractivity contribution in [1.82, 2.24) is 0 Å². The van der Waals surface area contributed by atoms with E-state index in [0.717, 1.165) is 24.3 Å². The van der Waals surface area contributed by atoms with Crippen molar-refractivity contribution < 1.29 is 31.1 Å². The minimum atomic E-state index is -5.25. The Balaban J connectivity index is 1.56. The van der Waals surface area contributed by atoms with Crippen LogP contribution in [0.25, 0.3) is 22.3 Å². The molecule has 33 heavy (non-hydrogen) atoms. The normalized spacial score (nSPS) is 18.9. The summed E-state index contributed by atoms with van der Waals surface area (Å²) in [6.45, 7) is 2.27. The molecular formula is C26H22F6O. The van der Waals surface area contributed by atoms with Gasteiger partial charge < -0.3 is 4.74 Å². The summed E-state index contributed by atoms with van der Waals surface area (Å²) in [6, 6.07) is 13.4. The second-order valence-corrected chi connectivity index (χ2v) is 8.59. The molecule has 0 spiro atoms. The second kappa shape index (κ2) is 9.12. The zero-order valence-corrected chi connectivity index (χ0v) is 17.9. The lowest BCUT2D eigenvalue weighted by atomic mass is 9.79. The van der Waals surface area contributed by atoms with Gasteiger partial charge in [0.1, 0.15) is 5.82 Å². The van der Waals surface area contributed by atoms with Crippen LogP contribution in [0.5, 0.6) is 5.75 Å². The maximum absolute atomic E-state index is 14.8. The fraction of sp³-hybridized carbons (Fsp3) is 0.308. The Morgan fingerprint density at radius 3 is 1.79 bits per heavy atom. The quantitative estimate of drug-likeness (QED) is 0.351. The summed E-state index contributed by atoms with van der Waals surface area (Å²) in [4.78, 5) is 0. The molecule has 1 aliphatic carbocycles. The smallest absolute Gasteiger partial charge is 0.399 e. The van der Waals surface area contributed by atoms with Crippen LogP contribution in [-0.2, 0) is 0 Å². The predicted molar refractivity (Wildman–Crippen MR) is 114 cm³/mol. The molecule has 3 aromatic rings. The van der Waals surface area contributed by atoms with Gasteiger partial charge in [-0.15, -0.1) is 13.2 Å². The molecule has 0 saturated heterocycles. The molecule has 3 aromatic carbocycles. The van der Waals surface area contributed by atoms with Crippen LogP contribution in [-0.4, -0.2) is 6.36 Å². The lowest BCUT2D eigenvalue weighted by Gasteiger charge is -2.26. The molecule has 0 N–H and O–H groups in total. The number of alkyl halides is 3. The zero-order chi connectivity index (χ0) is 23.8. The van der Waals surface area contributed by atoms with Gasteiger partial charge in [0.15, 0.2) is 11.6 Å². The van der Waals surface area contributed by atoms with Crippen LogP contribution >= 0.6 is 0 Å². The molecule has 0 aromatic heterocycles. The van der Waals surface area contributed by atoms with Crippen molar-refractivity contribution in [1.29, 1.82) is 0 Å². The van der Waals surface area contributed by atoms with Gasteiger partial charge in [-0.05, 0) is 65.1 Å². The highest BCUT2D eigenvalue weighted by Crippen LogP contribution is 2.37. The van der Waals surface area contributed by atoms with E-state index in [1.54, 1.807) is 6.07 Å². The molecule has 1 fully saturated rings. The molecule has 0 unspecified atom stereocenters. The third-order valence-electron chi connectivity index (χ3n) is 6.23. The first-order valence-electron chi connectivity index (χ1n) is 10.8. The fourth-order valence-corrected chi connectivity index (χ4v) is 4.40. The van der Waals surface area contributed by atoms with E-state index in [1.807, 2.05) is 24.3 Å². The lowest BCUT2D eigenvalue weighted by Crippen LogP contribution is -2.19. The molecule has 7 heteroatoms. The van der Waals surface area contributed by atoms with Crippen LogP contribution in [0, 0.1) is 23.4 Å². The highest BCUT2D eigenvalue weighted by molar-refractivity contribution is 5.71. The number of rotatable bonds is 4. The van der Waals surface area contributed by atoms with Crippen molar-refractivity contribution >= 4 is 0 Å². The third kappa shape index (κ3) is 5.34. The van der Waals surface area contributed by atoms with Gasteiger partial charge in [-0.1, -0.05) is 56.2 Å². The van der Waals surface area contributed by atoms with E-state index in [9.17, 15) is 26.3 Å².